The number of rotatable bonds is 4. The molecule has 0 saturated heterocycles. The maximum absolute atomic E-state index is 13.6. The molecule has 0 bridgehead atoms. The van der Waals surface area contributed by atoms with E-state index in [0.29, 0.717) is 24.4 Å². The van der Waals surface area contributed by atoms with Gasteiger partial charge in [-0.05, 0) is 18.2 Å². The van der Waals surface area contributed by atoms with Crippen molar-refractivity contribution in [2.24, 2.45) is 7.05 Å². The molecule has 0 saturated carbocycles. The smallest absolute Gasteiger partial charge is 0.326 e. The Balaban J connectivity index is 2.27. The summed E-state index contributed by atoms with van der Waals surface area (Å²) in [4.78, 5) is 6.54. The van der Waals surface area contributed by atoms with Crippen molar-refractivity contribution in [3.63, 3.8) is 0 Å². The fraction of sp³-hybridized carbons (Fsp3) is 0.300. The third-order valence-electron chi connectivity index (χ3n) is 5.02. The van der Waals surface area contributed by atoms with Gasteiger partial charge in [0.25, 0.3) is 0 Å². The highest BCUT2D eigenvalue weighted by Crippen LogP contribution is 2.42. The van der Waals surface area contributed by atoms with Gasteiger partial charge in [-0.3, -0.25) is 4.98 Å². The van der Waals surface area contributed by atoms with Crippen LogP contribution in [0.5, 0.6) is 0 Å². The van der Waals surface area contributed by atoms with E-state index in [9.17, 15) is 47.9 Å². The normalized spacial score (nSPS) is 13.3. The molecule has 3 aromatic rings. The third kappa shape index (κ3) is 5.13. The number of pyridine rings is 1. The summed E-state index contributed by atoms with van der Waals surface area (Å²) in [6, 6.07) is 1.27. The Morgan fingerprint density at radius 2 is 1.43 bits per heavy atom. The van der Waals surface area contributed by atoms with Gasteiger partial charge in [-0.15, -0.1) is 0 Å². The molecule has 0 aliphatic heterocycles. The van der Waals surface area contributed by atoms with Gasteiger partial charge in [-0.2, -0.15) is 39.5 Å². The molecule has 0 amide bonds. The second-order valence-electron chi connectivity index (χ2n) is 7.25. The van der Waals surface area contributed by atoms with Crippen molar-refractivity contribution < 1.29 is 47.9 Å². The van der Waals surface area contributed by atoms with Crippen molar-refractivity contribution in [2.75, 3.05) is 5.75 Å². The lowest BCUT2D eigenvalue weighted by Crippen LogP contribution is -2.14. The van der Waals surface area contributed by atoms with Gasteiger partial charge in [0.1, 0.15) is 5.69 Å². The molecule has 15 heteroatoms. The van der Waals surface area contributed by atoms with Crippen LogP contribution in [0.15, 0.2) is 41.6 Å². The van der Waals surface area contributed by atoms with E-state index < -0.39 is 72.8 Å². The number of nitrogens with zero attached hydrogens (tertiary/aromatic N) is 3. The molecular weight excluding hydrogens is 517 g/mol. The molecule has 190 valence electrons. The number of alkyl halides is 9. The lowest BCUT2D eigenvalue weighted by atomic mass is 10.0. The maximum Gasteiger partial charge on any atom is 0.417 e. The molecule has 3 rings (SSSR count). The summed E-state index contributed by atoms with van der Waals surface area (Å²) in [6.45, 7) is 1.17. The summed E-state index contributed by atoms with van der Waals surface area (Å²) in [5.74, 6) is -1.02. The molecule has 0 aliphatic carbocycles. The Morgan fingerprint density at radius 1 is 0.829 bits per heavy atom. The van der Waals surface area contributed by atoms with Crippen LogP contribution in [0.25, 0.3) is 22.8 Å². The first-order valence-electron chi connectivity index (χ1n) is 9.48. The summed E-state index contributed by atoms with van der Waals surface area (Å²) in [7, 11) is -3.18. The molecule has 0 aliphatic rings. The van der Waals surface area contributed by atoms with Gasteiger partial charge in [-0.1, -0.05) is 13.0 Å². The van der Waals surface area contributed by atoms with Gasteiger partial charge >= 0.3 is 18.5 Å². The van der Waals surface area contributed by atoms with Crippen LogP contribution in [0.3, 0.4) is 0 Å². The molecule has 0 unspecified atom stereocenters. The van der Waals surface area contributed by atoms with Crippen LogP contribution in [0, 0.1) is 0 Å². The predicted molar refractivity (Wildman–Crippen MR) is 105 cm³/mol. The lowest BCUT2D eigenvalue weighted by Gasteiger charge is -2.17. The Labute approximate surface area is 192 Å². The minimum atomic E-state index is -5.20. The first kappa shape index (κ1) is 26.5. The molecule has 2 heterocycles. The van der Waals surface area contributed by atoms with Crippen molar-refractivity contribution in [1.82, 2.24) is 14.5 Å². The second-order valence-corrected chi connectivity index (χ2v) is 9.50. The molecule has 0 spiro atoms. The first-order chi connectivity index (χ1) is 15.9. The molecular formula is C20H14F9N3O2S. The summed E-state index contributed by atoms with van der Waals surface area (Å²) >= 11 is 0. The van der Waals surface area contributed by atoms with Crippen LogP contribution in [-0.4, -0.2) is 28.7 Å². The minimum absolute atomic E-state index is 0.0780. The summed E-state index contributed by atoms with van der Waals surface area (Å²) < 4.78 is 145. The highest BCUT2D eigenvalue weighted by atomic mass is 32.2. The summed E-state index contributed by atoms with van der Waals surface area (Å²) in [6.07, 6.45) is -14.0. The molecule has 5 nitrogen and oxygen atoms in total. The number of benzene rings is 1. The van der Waals surface area contributed by atoms with Gasteiger partial charge in [0.2, 0.25) is 0 Å². The number of halogens is 9. The first-order valence-corrected chi connectivity index (χ1v) is 11.1. The fourth-order valence-electron chi connectivity index (χ4n) is 3.22. The second kappa shape index (κ2) is 8.53. The predicted octanol–water partition coefficient (Wildman–Crippen LogP) is 6.00. The van der Waals surface area contributed by atoms with Crippen LogP contribution in [-0.2, 0) is 35.4 Å². The Kier molecular flexibility index (Phi) is 6.46. The van der Waals surface area contributed by atoms with Crippen LogP contribution < -0.4 is 0 Å². The molecule has 0 radical (unpaired) electrons. The Hall–Kier alpha value is -3.10. The average molecular weight is 531 g/mol. The third-order valence-corrected chi connectivity index (χ3v) is 6.76. The van der Waals surface area contributed by atoms with Crippen molar-refractivity contribution in [1.29, 1.82) is 0 Å². The fourth-order valence-corrected chi connectivity index (χ4v) is 4.27. The van der Waals surface area contributed by atoms with Crippen LogP contribution >= 0.6 is 0 Å². The molecule has 35 heavy (non-hydrogen) atoms. The molecule has 0 fully saturated rings. The largest absolute Gasteiger partial charge is 0.417 e. The number of aromatic nitrogens is 3. The number of imidazole rings is 1. The zero-order chi connectivity index (χ0) is 26.6. The van der Waals surface area contributed by atoms with E-state index in [1.807, 2.05) is 0 Å². The SMILES string of the molecule is CCS(=O)(=O)c1cc(C(F)(F)F)cnc1-c1ncc(-c2ccc(C(F)(F)F)cc2C(F)(F)F)n1C. The number of sulfone groups is 1. The van der Waals surface area contributed by atoms with Gasteiger partial charge in [0, 0.05) is 18.8 Å². The van der Waals surface area contributed by atoms with Crippen LogP contribution in [0.2, 0.25) is 0 Å². The van der Waals surface area contributed by atoms with Gasteiger partial charge in [0.15, 0.2) is 15.7 Å². The van der Waals surface area contributed by atoms with Crippen molar-refractivity contribution in [3.05, 3.63) is 53.3 Å². The van der Waals surface area contributed by atoms with Crippen molar-refractivity contribution >= 4 is 9.84 Å². The molecule has 2 aromatic heterocycles. The molecule has 0 N–H and O–H groups in total. The van der Waals surface area contributed by atoms with Crippen LogP contribution in [0.4, 0.5) is 39.5 Å². The molecule has 0 atom stereocenters. The zero-order valence-electron chi connectivity index (χ0n) is 17.6. The molecule has 1 aromatic carbocycles. The van der Waals surface area contributed by atoms with E-state index >= 15 is 0 Å². The summed E-state index contributed by atoms with van der Waals surface area (Å²) in [5, 5.41) is 0. The average Bonchev–Trinajstić information content (AvgIpc) is 3.12. The Morgan fingerprint density at radius 3 is 1.94 bits per heavy atom. The van der Waals surface area contributed by atoms with Crippen LogP contribution in [0.1, 0.15) is 23.6 Å². The highest BCUT2D eigenvalue weighted by Gasteiger charge is 2.39. The maximum atomic E-state index is 13.6. The van der Waals surface area contributed by atoms with Crippen molar-refractivity contribution in [3.8, 4) is 22.8 Å². The standard InChI is InChI=1S/C20H14F9N3O2S/c1-3-35(33,34)15-7-11(19(24,25)26)8-30-16(15)17-31-9-14(32(17)2)12-5-4-10(18(21,22)23)6-13(12)20(27,28)29/h4-9H,3H2,1-2H3. The highest BCUT2D eigenvalue weighted by molar-refractivity contribution is 7.91. The summed E-state index contributed by atoms with van der Waals surface area (Å²) in [5.41, 5.74) is -6.19. The van der Waals surface area contributed by atoms with E-state index in [2.05, 4.69) is 9.97 Å². The van der Waals surface area contributed by atoms with Gasteiger partial charge in [0.05, 0.1) is 39.2 Å². The van der Waals surface area contributed by atoms with E-state index in [4.69, 9.17) is 0 Å². The zero-order valence-corrected chi connectivity index (χ0v) is 18.5. The number of hydrogen-bond donors (Lipinski definition) is 0. The number of hydrogen-bond acceptors (Lipinski definition) is 4. The van der Waals surface area contributed by atoms with Gasteiger partial charge in [-0.25, -0.2) is 13.4 Å². The lowest BCUT2D eigenvalue weighted by molar-refractivity contribution is -0.143. The quantitative estimate of drug-likeness (QED) is 0.388. The van der Waals surface area contributed by atoms with Crippen molar-refractivity contribution in [2.45, 2.75) is 30.3 Å². The monoisotopic (exact) mass is 531 g/mol. The van der Waals surface area contributed by atoms with E-state index in [-0.39, 0.29) is 11.8 Å². The minimum Gasteiger partial charge on any atom is -0.326 e. The van der Waals surface area contributed by atoms with E-state index in [1.165, 1.54) is 6.92 Å². The van der Waals surface area contributed by atoms with E-state index in [0.717, 1.165) is 17.8 Å². The van der Waals surface area contributed by atoms with E-state index in [1.54, 1.807) is 0 Å². The van der Waals surface area contributed by atoms with Gasteiger partial charge < -0.3 is 4.57 Å². The Bertz CT molecular complexity index is 1370. The topological polar surface area (TPSA) is 64.8 Å².